The zero-order valence-corrected chi connectivity index (χ0v) is 10.0. The molecular weight excluding hydrogens is 220 g/mol. The number of benzene rings is 1. The summed E-state index contributed by atoms with van der Waals surface area (Å²) in [5, 5.41) is 4.70. The van der Waals surface area contributed by atoms with Crippen LogP contribution < -0.4 is 5.32 Å². The van der Waals surface area contributed by atoms with E-state index in [1.54, 1.807) is 0 Å². The first-order valence-corrected chi connectivity index (χ1v) is 5.88. The van der Waals surface area contributed by atoms with Crippen LogP contribution in [0.15, 0.2) is 36.5 Å². The molecule has 2 nitrogen and oxygen atoms in total. The number of para-hydroxylation sites is 1. The minimum Gasteiger partial charge on any atom is -0.311 e. The van der Waals surface area contributed by atoms with Crippen molar-refractivity contribution in [1.29, 1.82) is 0 Å². The van der Waals surface area contributed by atoms with E-state index in [0.717, 1.165) is 18.6 Å². The second-order valence-electron chi connectivity index (χ2n) is 3.90. The topological polar surface area (TPSA) is 24.9 Å². The summed E-state index contributed by atoms with van der Waals surface area (Å²) in [5.41, 5.74) is 2.31. The van der Waals surface area contributed by atoms with Gasteiger partial charge in [0.2, 0.25) is 0 Å². The summed E-state index contributed by atoms with van der Waals surface area (Å²) in [4.78, 5) is 4.33. The zero-order chi connectivity index (χ0) is 11.4. The lowest BCUT2D eigenvalue weighted by Crippen LogP contribution is -2.20. The van der Waals surface area contributed by atoms with Crippen molar-refractivity contribution >= 4 is 22.5 Å². The van der Waals surface area contributed by atoms with E-state index in [4.69, 9.17) is 11.6 Å². The third-order valence-electron chi connectivity index (χ3n) is 2.48. The Hall–Kier alpha value is -1.12. The van der Waals surface area contributed by atoms with Crippen LogP contribution in [-0.2, 0) is 6.54 Å². The van der Waals surface area contributed by atoms with Crippen molar-refractivity contribution in [3.63, 3.8) is 0 Å². The normalized spacial score (nSPS) is 12.9. The Morgan fingerprint density at radius 1 is 1.31 bits per heavy atom. The third kappa shape index (κ3) is 2.71. The van der Waals surface area contributed by atoms with Crippen LogP contribution in [0.2, 0.25) is 0 Å². The molecule has 1 N–H and O–H groups in total. The van der Waals surface area contributed by atoms with Crippen LogP contribution in [0.4, 0.5) is 0 Å². The molecule has 16 heavy (non-hydrogen) atoms. The molecule has 2 rings (SSSR count). The molecule has 1 unspecified atom stereocenters. The largest absolute Gasteiger partial charge is 0.311 e. The van der Waals surface area contributed by atoms with Crippen LogP contribution in [-0.4, -0.2) is 16.9 Å². The SMILES string of the molecule is CC(Cl)CNCc1ccnc2ccccc12. The van der Waals surface area contributed by atoms with Gasteiger partial charge in [0.05, 0.1) is 5.52 Å². The summed E-state index contributed by atoms with van der Waals surface area (Å²) >= 11 is 5.89. The van der Waals surface area contributed by atoms with Gasteiger partial charge < -0.3 is 5.32 Å². The van der Waals surface area contributed by atoms with E-state index in [0.29, 0.717) is 0 Å². The number of halogens is 1. The molecule has 0 amide bonds. The van der Waals surface area contributed by atoms with E-state index in [9.17, 15) is 0 Å². The Morgan fingerprint density at radius 2 is 2.12 bits per heavy atom. The Kier molecular flexibility index (Phi) is 3.75. The maximum absolute atomic E-state index is 5.89. The molecule has 1 heterocycles. The van der Waals surface area contributed by atoms with Crippen molar-refractivity contribution < 1.29 is 0 Å². The lowest BCUT2D eigenvalue weighted by atomic mass is 10.1. The number of rotatable bonds is 4. The van der Waals surface area contributed by atoms with E-state index in [1.165, 1.54) is 10.9 Å². The van der Waals surface area contributed by atoms with Crippen LogP contribution in [0.3, 0.4) is 0 Å². The maximum atomic E-state index is 5.89. The molecule has 0 saturated carbocycles. The van der Waals surface area contributed by atoms with Gasteiger partial charge in [-0.3, -0.25) is 4.98 Å². The molecule has 84 valence electrons. The average molecular weight is 235 g/mol. The molecule has 1 aromatic heterocycles. The fourth-order valence-electron chi connectivity index (χ4n) is 1.71. The number of hydrogen-bond acceptors (Lipinski definition) is 2. The van der Waals surface area contributed by atoms with E-state index < -0.39 is 0 Å². The molecular formula is C13H15ClN2. The summed E-state index contributed by atoms with van der Waals surface area (Å²) in [5.74, 6) is 0. The molecule has 0 aliphatic rings. The molecule has 3 heteroatoms. The summed E-state index contributed by atoms with van der Waals surface area (Å²) < 4.78 is 0. The second kappa shape index (κ2) is 5.28. The Morgan fingerprint density at radius 3 is 2.94 bits per heavy atom. The maximum Gasteiger partial charge on any atom is 0.0705 e. The third-order valence-corrected chi connectivity index (χ3v) is 2.63. The van der Waals surface area contributed by atoms with Gasteiger partial charge in [0.25, 0.3) is 0 Å². The number of fused-ring (bicyclic) bond motifs is 1. The van der Waals surface area contributed by atoms with Crippen molar-refractivity contribution in [1.82, 2.24) is 10.3 Å². The van der Waals surface area contributed by atoms with Gasteiger partial charge in [0.15, 0.2) is 0 Å². The van der Waals surface area contributed by atoms with Gasteiger partial charge in [0.1, 0.15) is 0 Å². The first-order valence-electron chi connectivity index (χ1n) is 5.45. The molecule has 2 aromatic rings. The standard InChI is InChI=1S/C13H15ClN2/c1-10(14)8-15-9-11-6-7-16-13-5-3-2-4-12(11)13/h2-7,10,15H,8-9H2,1H3. The lowest BCUT2D eigenvalue weighted by Gasteiger charge is -2.08. The highest BCUT2D eigenvalue weighted by atomic mass is 35.5. The summed E-state index contributed by atoms with van der Waals surface area (Å²) in [6.07, 6.45) is 1.85. The quantitative estimate of drug-likeness (QED) is 0.823. The van der Waals surface area contributed by atoms with Crippen LogP contribution in [0.1, 0.15) is 12.5 Å². The van der Waals surface area contributed by atoms with Gasteiger partial charge in [-0.25, -0.2) is 0 Å². The Bertz CT molecular complexity index is 463. The van der Waals surface area contributed by atoms with Crippen molar-refractivity contribution in [2.24, 2.45) is 0 Å². The summed E-state index contributed by atoms with van der Waals surface area (Å²) in [7, 11) is 0. The highest BCUT2D eigenvalue weighted by Gasteiger charge is 2.01. The number of aromatic nitrogens is 1. The van der Waals surface area contributed by atoms with Crippen LogP contribution in [0.25, 0.3) is 10.9 Å². The second-order valence-corrected chi connectivity index (χ2v) is 4.64. The minimum absolute atomic E-state index is 0.160. The van der Waals surface area contributed by atoms with Crippen LogP contribution in [0, 0.1) is 0 Å². The van der Waals surface area contributed by atoms with Gasteiger partial charge in [-0.1, -0.05) is 18.2 Å². The molecule has 0 spiro atoms. The predicted octanol–water partition coefficient (Wildman–Crippen LogP) is 2.95. The minimum atomic E-state index is 0.160. The number of nitrogens with one attached hydrogen (secondary N) is 1. The van der Waals surface area contributed by atoms with Gasteiger partial charge in [0, 0.05) is 30.0 Å². The highest BCUT2D eigenvalue weighted by Crippen LogP contribution is 2.15. The lowest BCUT2D eigenvalue weighted by molar-refractivity contribution is 0.682. The summed E-state index contributed by atoms with van der Waals surface area (Å²) in [6, 6.07) is 10.2. The molecule has 0 aliphatic carbocycles. The van der Waals surface area contributed by atoms with Crippen molar-refractivity contribution in [2.75, 3.05) is 6.54 Å². The first-order chi connectivity index (χ1) is 7.77. The van der Waals surface area contributed by atoms with Gasteiger partial charge >= 0.3 is 0 Å². The monoisotopic (exact) mass is 234 g/mol. The molecule has 0 saturated heterocycles. The molecule has 0 fully saturated rings. The van der Waals surface area contributed by atoms with E-state index in [2.05, 4.69) is 16.4 Å². The molecule has 1 atom stereocenters. The Labute approximate surface area is 101 Å². The number of alkyl halides is 1. The highest BCUT2D eigenvalue weighted by molar-refractivity contribution is 6.20. The van der Waals surface area contributed by atoms with Crippen molar-refractivity contribution in [3.05, 3.63) is 42.1 Å². The average Bonchev–Trinajstić information content (AvgIpc) is 2.29. The number of hydrogen-bond donors (Lipinski definition) is 1. The molecule has 0 radical (unpaired) electrons. The Balaban J connectivity index is 2.17. The van der Waals surface area contributed by atoms with Crippen LogP contribution >= 0.6 is 11.6 Å². The van der Waals surface area contributed by atoms with Gasteiger partial charge in [-0.2, -0.15) is 0 Å². The zero-order valence-electron chi connectivity index (χ0n) is 9.28. The number of pyridine rings is 1. The summed E-state index contributed by atoms with van der Waals surface area (Å²) in [6.45, 7) is 3.64. The smallest absolute Gasteiger partial charge is 0.0705 e. The fraction of sp³-hybridized carbons (Fsp3) is 0.308. The first kappa shape index (κ1) is 11.4. The van der Waals surface area contributed by atoms with E-state index in [1.807, 2.05) is 37.4 Å². The van der Waals surface area contributed by atoms with Crippen molar-refractivity contribution in [3.8, 4) is 0 Å². The molecule has 1 aromatic carbocycles. The molecule has 0 aliphatic heterocycles. The van der Waals surface area contributed by atoms with Crippen LogP contribution in [0.5, 0.6) is 0 Å². The van der Waals surface area contributed by atoms with Crippen molar-refractivity contribution in [2.45, 2.75) is 18.8 Å². The van der Waals surface area contributed by atoms with Gasteiger partial charge in [-0.15, -0.1) is 11.6 Å². The van der Waals surface area contributed by atoms with Gasteiger partial charge in [-0.05, 0) is 24.6 Å². The van der Waals surface area contributed by atoms with E-state index in [-0.39, 0.29) is 5.38 Å². The fourth-order valence-corrected chi connectivity index (χ4v) is 1.82. The predicted molar refractivity (Wildman–Crippen MR) is 68.8 cm³/mol. The molecule has 0 bridgehead atoms. The van der Waals surface area contributed by atoms with E-state index >= 15 is 0 Å². The number of nitrogens with zero attached hydrogens (tertiary/aromatic N) is 1.